The number of nitro groups is 1. The number of carbonyl (C=O) groups excluding carboxylic acids is 1. The molecule has 8 heteroatoms. The number of sulfone groups is 1. The molecular weight excluding hydrogens is 314 g/mol. The standard InChI is InChI=1S/C13H11NO5S2/c1-9-6-7-12(20-9)11(15)8-21(18,19)13-5-3-2-4-10(13)14(16)17/h2-7H,8H2,1H3. The molecule has 0 spiro atoms. The third kappa shape index (κ3) is 3.34. The van der Waals surface area contributed by atoms with Crippen LogP contribution >= 0.6 is 11.3 Å². The van der Waals surface area contributed by atoms with E-state index < -0.39 is 36.9 Å². The van der Waals surface area contributed by atoms with E-state index in [1.807, 2.05) is 0 Å². The van der Waals surface area contributed by atoms with Gasteiger partial charge in [0, 0.05) is 10.9 Å². The maximum absolute atomic E-state index is 12.2. The van der Waals surface area contributed by atoms with Gasteiger partial charge in [0.2, 0.25) is 0 Å². The Bertz CT molecular complexity index is 807. The lowest BCUT2D eigenvalue weighted by Gasteiger charge is -2.04. The van der Waals surface area contributed by atoms with Crippen molar-refractivity contribution in [2.45, 2.75) is 11.8 Å². The highest BCUT2D eigenvalue weighted by Crippen LogP contribution is 2.25. The van der Waals surface area contributed by atoms with E-state index in [4.69, 9.17) is 0 Å². The van der Waals surface area contributed by atoms with Gasteiger partial charge >= 0.3 is 0 Å². The van der Waals surface area contributed by atoms with Crippen molar-refractivity contribution >= 4 is 32.6 Å². The van der Waals surface area contributed by atoms with E-state index in [9.17, 15) is 23.3 Å². The number of aryl methyl sites for hydroxylation is 1. The van der Waals surface area contributed by atoms with Crippen LogP contribution in [0, 0.1) is 17.0 Å². The molecule has 6 nitrogen and oxygen atoms in total. The van der Waals surface area contributed by atoms with Crippen molar-refractivity contribution < 1.29 is 18.1 Å². The quantitative estimate of drug-likeness (QED) is 0.478. The number of rotatable bonds is 5. The maximum Gasteiger partial charge on any atom is 0.287 e. The molecule has 0 aliphatic rings. The molecule has 2 aromatic rings. The SMILES string of the molecule is Cc1ccc(C(=O)CS(=O)(=O)c2ccccc2[N+](=O)[O-])s1. The number of benzene rings is 1. The van der Waals surface area contributed by atoms with Crippen LogP contribution in [-0.2, 0) is 9.84 Å². The van der Waals surface area contributed by atoms with Crippen LogP contribution in [0.4, 0.5) is 5.69 Å². The molecule has 0 aliphatic carbocycles. The van der Waals surface area contributed by atoms with Crippen LogP contribution in [0.3, 0.4) is 0 Å². The van der Waals surface area contributed by atoms with Crippen molar-refractivity contribution in [2.75, 3.05) is 5.75 Å². The predicted octanol–water partition coefficient (Wildman–Crippen LogP) is 2.62. The Morgan fingerprint density at radius 2 is 1.90 bits per heavy atom. The molecule has 1 heterocycles. The zero-order chi connectivity index (χ0) is 15.6. The van der Waals surface area contributed by atoms with Crippen LogP contribution in [-0.4, -0.2) is 24.9 Å². The van der Waals surface area contributed by atoms with E-state index in [0.29, 0.717) is 4.88 Å². The summed E-state index contributed by atoms with van der Waals surface area (Å²) >= 11 is 1.19. The third-order valence-electron chi connectivity index (χ3n) is 2.73. The summed E-state index contributed by atoms with van der Waals surface area (Å²) in [5.74, 6) is -1.34. The van der Waals surface area contributed by atoms with Gasteiger partial charge in [-0.2, -0.15) is 0 Å². The van der Waals surface area contributed by atoms with Gasteiger partial charge in [-0.15, -0.1) is 11.3 Å². The fraction of sp³-hybridized carbons (Fsp3) is 0.154. The monoisotopic (exact) mass is 325 g/mol. The van der Waals surface area contributed by atoms with Crippen LogP contribution in [0.15, 0.2) is 41.3 Å². The van der Waals surface area contributed by atoms with Gasteiger partial charge in [0.05, 0.1) is 9.80 Å². The van der Waals surface area contributed by atoms with Crippen LogP contribution in [0.2, 0.25) is 0 Å². The average molecular weight is 325 g/mol. The smallest absolute Gasteiger partial charge is 0.287 e. The van der Waals surface area contributed by atoms with Gasteiger partial charge in [-0.3, -0.25) is 14.9 Å². The summed E-state index contributed by atoms with van der Waals surface area (Å²) in [4.78, 5) is 22.9. The second kappa shape index (κ2) is 5.74. The summed E-state index contributed by atoms with van der Waals surface area (Å²) in [6.45, 7) is 1.80. The number of nitrogens with zero attached hydrogens (tertiary/aromatic N) is 1. The minimum absolute atomic E-state index is 0.328. The fourth-order valence-corrected chi connectivity index (χ4v) is 4.08. The van der Waals surface area contributed by atoms with E-state index in [1.54, 1.807) is 19.1 Å². The molecular formula is C13H11NO5S2. The second-order valence-corrected chi connectivity index (χ2v) is 7.56. The van der Waals surface area contributed by atoms with Crippen molar-refractivity contribution in [3.8, 4) is 0 Å². The topological polar surface area (TPSA) is 94.3 Å². The van der Waals surface area contributed by atoms with Gasteiger partial charge < -0.3 is 0 Å². The highest BCUT2D eigenvalue weighted by molar-refractivity contribution is 7.92. The van der Waals surface area contributed by atoms with E-state index in [-0.39, 0.29) is 0 Å². The molecule has 21 heavy (non-hydrogen) atoms. The van der Waals surface area contributed by atoms with Crippen molar-refractivity contribution in [3.05, 3.63) is 56.3 Å². The van der Waals surface area contributed by atoms with E-state index in [1.165, 1.54) is 23.5 Å². The summed E-state index contributed by atoms with van der Waals surface area (Å²) in [6, 6.07) is 8.28. The van der Waals surface area contributed by atoms with Crippen LogP contribution < -0.4 is 0 Å². The van der Waals surface area contributed by atoms with Crippen LogP contribution in [0.5, 0.6) is 0 Å². The minimum atomic E-state index is -4.06. The molecule has 110 valence electrons. The van der Waals surface area contributed by atoms with Gasteiger partial charge in [0.15, 0.2) is 15.6 Å². The Balaban J connectivity index is 2.35. The number of nitro benzene ring substituents is 1. The van der Waals surface area contributed by atoms with Gasteiger partial charge in [0.1, 0.15) is 10.6 Å². The van der Waals surface area contributed by atoms with Crippen LogP contribution in [0.1, 0.15) is 14.5 Å². The van der Waals surface area contributed by atoms with Gasteiger partial charge in [-0.1, -0.05) is 12.1 Å². The largest absolute Gasteiger partial charge is 0.292 e. The number of thiophene rings is 1. The lowest BCUT2D eigenvalue weighted by molar-refractivity contribution is -0.387. The molecule has 0 aliphatic heterocycles. The maximum atomic E-state index is 12.2. The van der Waals surface area contributed by atoms with E-state index in [2.05, 4.69) is 0 Å². The fourth-order valence-electron chi connectivity index (χ4n) is 1.78. The molecule has 0 saturated heterocycles. The predicted molar refractivity (Wildman–Crippen MR) is 78.5 cm³/mol. The zero-order valence-corrected chi connectivity index (χ0v) is 12.6. The van der Waals surface area contributed by atoms with Gasteiger partial charge in [-0.25, -0.2) is 8.42 Å². The molecule has 0 N–H and O–H groups in total. The zero-order valence-electron chi connectivity index (χ0n) is 11.0. The number of ketones is 1. The highest BCUT2D eigenvalue weighted by atomic mass is 32.2. The number of hydrogen-bond donors (Lipinski definition) is 0. The lowest BCUT2D eigenvalue weighted by atomic mass is 10.3. The molecule has 0 amide bonds. The second-order valence-electron chi connectivity index (χ2n) is 4.32. The summed E-state index contributed by atoms with van der Waals surface area (Å²) in [5, 5.41) is 10.9. The molecule has 0 radical (unpaired) electrons. The Morgan fingerprint density at radius 1 is 1.24 bits per heavy atom. The van der Waals surface area contributed by atoms with Gasteiger partial charge in [-0.05, 0) is 25.1 Å². The lowest BCUT2D eigenvalue weighted by Crippen LogP contribution is -2.16. The summed E-state index contributed by atoms with van der Waals surface area (Å²) in [7, 11) is -4.06. The molecule has 0 fully saturated rings. The molecule has 0 atom stereocenters. The molecule has 0 unspecified atom stereocenters. The Morgan fingerprint density at radius 3 is 2.48 bits per heavy atom. The summed E-state index contributed by atoms with van der Waals surface area (Å²) in [5.41, 5.74) is -0.521. The highest BCUT2D eigenvalue weighted by Gasteiger charge is 2.28. The molecule has 0 bridgehead atoms. The third-order valence-corrected chi connectivity index (χ3v) is 5.43. The first-order valence-electron chi connectivity index (χ1n) is 5.87. The van der Waals surface area contributed by atoms with Crippen molar-refractivity contribution in [3.63, 3.8) is 0 Å². The Hall–Kier alpha value is -2.06. The molecule has 1 aromatic carbocycles. The van der Waals surface area contributed by atoms with E-state index >= 15 is 0 Å². The summed E-state index contributed by atoms with van der Waals surface area (Å²) < 4.78 is 24.5. The number of Topliss-reactive ketones (excluding diaryl/α,β-unsaturated/α-hetero) is 1. The van der Waals surface area contributed by atoms with Crippen LogP contribution in [0.25, 0.3) is 0 Å². The van der Waals surface area contributed by atoms with Crippen molar-refractivity contribution in [1.82, 2.24) is 0 Å². The normalized spacial score (nSPS) is 11.3. The number of hydrogen-bond acceptors (Lipinski definition) is 6. The van der Waals surface area contributed by atoms with Crippen molar-refractivity contribution in [1.29, 1.82) is 0 Å². The average Bonchev–Trinajstić information content (AvgIpc) is 2.85. The van der Waals surface area contributed by atoms with Crippen molar-refractivity contribution in [2.24, 2.45) is 0 Å². The first-order valence-corrected chi connectivity index (χ1v) is 8.34. The first-order chi connectivity index (χ1) is 9.81. The molecule has 2 rings (SSSR count). The first kappa shape index (κ1) is 15.3. The van der Waals surface area contributed by atoms with E-state index in [0.717, 1.165) is 17.0 Å². The Kier molecular flexibility index (Phi) is 4.19. The number of carbonyl (C=O) groups is 1. The summed E-state index contributed by atoms with van der Waals surface area (Å²) in [6.07, 6.45) is 0. The molecule has 1 aromatic heterocycles. The number of para-hydroxylation sites is 1. The van der Waals surface area contributed by atoms with Gasteiger partial charge in [0.25, 0.3) is 5.69 Å². The Labute approximate surface area is 125 Å². The molecule has 0 saturated carbocycles. The minimum Gasteiger partial charge on any atom is -0.292 e.